The third-order valence-corrected chi connectivity index (χ3v) is 5.89. The van der Waals surface area contributed by atoms with Gasteiger partial charge in [0, 0.05) is 6.54 Å². The number of hydrogen-bond donors (Lipinski definition) is 3. The topological polar surface area (TPSA) is 115 Å². The molecule has 0 saturated heterocycles. The lowest BCUT2D eigenvalue weighted by Crippen LogP contribution is -2.14. The molecule has 0 radical (unpaired) electrons. The van der Waals surface area contributed by atoms with E-state index in [-0.39, 0.29) is 5.50 Å². The summed E-state index contributed by atoms with van der Waals surface area (Å²) >= 11 is 0. The Hall–Kier alpha value is -2.08. The summed E-state index contributed by atoms with van der Waals surface area (Å²) in [6, 6.07) is 8.53. The Balaban J connectivity index is 1.82. The molecule has 2 heterocycles. The van der Waals surface area contributed by atoms with Gasteiger partial charge in [-0.25, -0.2) is 4.98 Å². The number of nitrogens with two attached hydrogens (primary N) is 1. The van der Waals surface area contributed by atoms with E-state index in [0.717, 1.165) is 12.1 Å². The maximum atomic E-state index is 11.5. The monoisotopic (exact) mass is 375 g/mol. The van der Waals surface area contributed by atoms with Crippen LogP contribution in [0.4, 0.5) is 5.69 Å². The van der Waals surface area contributed by atoms with Crippen LogP contribution in [0.3, 0.4) is 0 Å². The fourth-order valence-electron chi connectivity index (χ4n) is 3.77. The van der Waals surface area contributed by atoms with Crippen LogP contribution < -0.4 is 11.2 Å². The number of fused-ring (bicyclic) bond motifs is 1. The number of imidazole rings is 1. The molecule has 26 heavy (non-hydrogen) atoms. The Morgan fingerprint density at radius 2 is 1.96 bits per heavy atom. The Bertz CT molecular complexity index is 982. The van der Waals surface area contributed by atoms with Crippen LogP contribution in [-0.4, -0.2) is 19.3 Å². The molecule has 138 valence electrons. The molecule has 1 aromatic carbocycles. The van der Waals surface area contributed by atoms with Gasteiger partial charge >= 0.3 is 7.60 Å². The van der Waals surface area contributed by atoms with E-state index in [9.17, 15) is 14.4 Å². The van der Waals surface area contributed by atoms with Crippen molar-refractivity contribution in [1.82, 2.24) is 9.55 Å². The molecule has 8 heteroatoms. The lowest BCUT2D eigenvalue weighted by molar-refractivity contribution is 0.322. The van der Waals surface area contributed by atoms with E-state index < -0.39 is 7.60 Å². The van der Waals surface area contributed by atoms with Crippen LogP contribution in [0.2, 0.25) is 0 Å². The highest BCUT2D eigenvalue weighted by molar-refractivity contribution is 7.59. The Morgan fingerprint density at radius 3 is 2.65 bits per heavy atom. The molecule has 1 fully saturated rings. The van der Waals surface area contributed by atoms with E-state index in [1.54, 1.807) is 12.1 Å². The number of rotatable bonds is 4. The second-order valence-electron chi connectivity index (χ2n) is 6.95. The van der Waals surface area contributed by atoms with Crippen molar-refractivity contribution >= 4 is 29.8 Å². The van der Waals surface area contributed by atoms with Gasteiger partial charge in [-0.05, 0) is 43.0 Å². The molecule has 0 aliphatic heterocycles. The fourth-order valence-corrected chi connectivity index (χ4v) is 4.26. The average Bonchev–Trinajstić information content (AvgIpc) is 3.22. The van der Waals surface area contributed by atoms with E-state index >= 15 is 0 Å². The fraction of sp³-hybridized carbons (Fsp3) is 0.389. The first-order valence-corrected chi connectivity index (χ1v) is 10.5. The van der Waals surface area contributed by atoms with Gasteiger partial charge in [-0.15, -0.1) is 0 Å². The minimum Gasteiger partial charge on any atom is -0.445 e. The molecular formula is C18H22N3O4P. The number of nitrogen functional groups attached to an aromatic ring is 1. The van der Waals surface area contributed by atoms with Crippen LogP contribution in [0.5, 0.6) is 0 Å². The smallest absolute Gasteiger partial charge is 0.391 e. The standard InChI is InChI=1S/C18H22N3O4P/c19-13-7-4-8-14-17(13)20-18(15-9-10-16(25-15)26(22,23)24)21(14)11-12-5-2-1-3-6-12/h4,7-10,12H,1-3,5-6,11,19H2,(H2,22,23,24). The number of anilines is 1. The average molecular weight is 375 g/mol. The predicted molar refractivity (Wildman–Crippen MR) is 100 cm³/mol. The van der Waals surface area contributed by atoms with Gasteiger partial charge in [-0.2, -0.15) is 0 Å². The van der Waals surface area contributed by atoms with E-state index in [4.69, 9.17) is 10.2 Å². The zero-order chi connectivity index (χ0) is 18.3. The molecule has 1 aliphatic rings. The first-order chi connectivity index (χ1) is 12.4. The molecule has 3 aromatic rings. The van der Waals surface area contributed by atoms with Crippen molar-refractivity contribution in [3.05, 3.63) is 30.3 Å². The van der Waals surface area contributed by atoms with Crippen molar-refractivity contribution in [2.75, 3.05) is 5.73 Å². The molecular weight excluding hydrogens is 353 g/mol. The van der Waals surface area contributed by atoms with Gasteiger partial charge in [-0.3, -0.25) is 4.57 Å². The Kier molecular flexibility index (Phi) is 4.39. The van der Waals surface area contributed by atoms with Crippen LogP contribution in [0.25, 0.3) is 22.6 Å². The highest BCUT2D eigenvalue weighted by atomic mass is 31.2. The zero-order valence-corrected chi connectivity index (χ0v) is 15.2. The molecule has 1 aliphatic carbocycles. The third kappa shape index (κ3) is 3.18. The highest BCUT2D eigenvalue weighted by Gasteiger charge is 2.25. The second-order valence-corrected chi connectivity index (χ2v) is 8.48. The first kappa shape index (κ1) is 17.3. The molecule has 0 amide bonds. The number of para-hydroxylation sites is 1. The minimum absolute atomic E-state index is 0.342. The van der Waals surface area contributed by atoms with Crippen LogP contribution in [0, 0.1) is 5.92 Å². The molecule has 4 N–H and O–H groups in total. The van der Waals surface area contributed by atoms with Crippen molar-refractivity contribution in [3.8, 4) is 11.6 Å². The van der Waals surface area contributed by atoms with E-state index in [1.165, 1.54) is 38.2 Å². The Labute approximate surface area is 151 Å². The van der Waals surface area contributed by atoms with Crippen LogP contribution in [-0.2, 0) is 11.1 Å². The summed E-state index contributed by atoms with van der Waals surface area (Å²) < 4.78 is 19.0. The molecule has 4 rings (SSSR count). The van der Waals surface area contributed by atoms with Crippen molar-refractivity contribution in [2.24, 2.45) is 5.92 Å². The lowest BCUT2D eigenvalue weighted by Gasteiger charge is -2.23. The number of nitrogens with zero attached hydrogens (tertiary/aromatic N) is 2. The summed E-state index contributed by atoms with van der Waals surface area (Å²) in [6.07, 6.45) is 6.10. The molecule has 7 nitrogen and oxygen atoms in total. The van der Waals surface area contributed by atoms with Crippen molar-refractivity contribution in [3.63, 3.8) is 0 Å². The van der Waals surface area contributed by atoms with Crippen molar-refractivity contribution in [2.45, 2.75) is 38.6 Å². The zero-order valence-electron chi connectivity index (χ0n) is 14.3. The van der Waals surface area contributed by atoms with Crippen molar-refractivity contribution in [1.29, 1.82) is 0 Å². The largest absolute Gasteiger partial charge is 0.445 e. The number of hydrogen-bond acceptors (Lipinski definition) is 4. The quantitative estimate of drug-likeness (QED) is 0.476. The molecule has 0 unspecified atom stereocenters. The van der Waals surface area contributed by atoms with E-state index in [1.807, 2.05) is 12.1 Å². The van der Waals surface area contributed by atoms with Crippen molar-refractivity contribution < 1.29 is 18.8 Å². The highest BCUT2D eigenvalue weighted by Crippen LogP contribution is 2.37. The van der Waals surface area contributed by atoms with Gasteiger partial charge in [0.1, 0.15) is 5.52 Å². The molecule has 0 bridgehead atoms. The van der Waals surface area contributed by atoms with Gasteiger partial charge in [0.25, 0.3) is 0 Å². The summed E-state index contributed by atoms with van der Waals surface area (Å²) in [6.45, 7) is 0.793. The summed E-state index contributed by atoms with van der Waals surface area (Å²) in [4.78, 5) is 23.3. The summed E-state index contributed by atoms with van der Waals surface area (Å²) in [5.41, 5.74) is 7.92. The van der Waals surface area contributed by atoms with Gasteiger partial charge in [-0.1, -0.05) is 25.3 Å². The second kappa shape index (κ2) is 6.58. The van der Waals surface area contributed by atoms with Gasteiger partial charge in [0.05, 0.1) is 11.2 Å². The van der Waals surface area contributed by atoms with Gasteiger partial charge in [0.2, 0.25) is 5.50 Å². The SMILES string of the molecule is Nc1cccc2c1nc(-c1ccc(P(=O)(O)O)o1)n2CC1CCCCC1. The summed E-state index contributed by atoms with van der Waals surface area (Å²) in [5, 5.41) is 0. The molecule has 0 spiro atoms. The van der Waals surface area contributed by atoms with Gasteiger partial charge < -0.3 is 24.5 Å². The van der Waals surface area contributed by atoms with Crippen LogP contribution >= 0.6 is 7.60 Å². The van der Waals surface area contributed by atoms with Gasteiger partial charge in [0.15, 0.2) is 11.6 Å². The molecule has 2 aromatic heterocycles. The van der Waals surface area contributed by atoms with E-state index in [0.29, 0.717) is 28.7 Å². The Morgan fingerprint density at radius 1 is 1.19 bits per heavy atom. The van der Waals surface area contributed by atoms with Crippen LogP contribution in [0.15, 0.2) is 34.7 Å². The number of benzene rings is 1. The maximum Gasteiger partial charge on any atom is 0.391 e. The lowest BCUT2D eigenvalue weighted by atomic mass is 9.89. The predicted octanol–water partition coefficient (Wildman–Crippen LogP) is 3.26. The van der Waals surface area contributed by atoms with E-state index in [2.05, 4.69) is 9.55 Å². The molecule has 1 saturated carbocycles. The third-order valence-electron chi connectivity index (χ3n) is 5.07. The first-order valence-electron chi connectivity index (χ1n) is 8.84. The minimum atomic E-state index is -4.44. The molecule has 0 atom stereocenters. The number of aromatic nitrogens is 2. The van der Waals surface area contributed by atoms with Crippen LogP contribution in [0.1, 0.15) is 32.1 Å². The summed E-state index contributed by atoms with van der Waals surface area (Å²) in [5.74, 6) is 1.45. The normalized spacial score (nSPS) is 16.4. The number of furan rings is 1. The summed E-state index contributed by atoms with van der Waals surface area (Å²) in [7, 11) is -4.44. The maximum absolute atomic E-state index is 11.5.